The van der Waals surface area contributed by atoms with Gasteiger partial charge in [0.1, 0.15) is 5.78 Å². The molecule has 0 rings (SSSR count). The topological polar surface area (TPSA) is 29.1 Å². The average Bonchev–Trinajstić information content (AvgIpc) is 2.00. The summed E-state index contributed by atoms with van der Waals surface area (Å²) in [6, 6.07) is 0.416. The molecule has 0 amide bonds. The van der Waals surface area contributed by atoms with E-state index in [2.05, 4.69) is 31.8 Å². The first-order valence-corrected chi connectivity index (χ1v) is 5.84. The number of rotatable bonds is 6. The number of ketones is 1. The van der Waals surface area contributed by atoms with Gasteiger partial charge in [-0.1, -0.05) is 20.8 Å². The Kier molecular flexibility index (Phi) is 6.45. The third-order valence-corrected chi connectivity index (χ3v) is 2.52. The fourth-order valence-electron chi connectivity index (χ4n) is 1.47. The molecule has 0 aromatic rings. The van der Waals surface area contributed by atoms with E-state index < -0.39 is 0 Å². The van der Waals surface area contributed by atoms with Gasteiger partial charge in [-0.25, -0.2) is 0 Å². The van der Waals surface area contributed by atoms with E-state index in [0.29, 0.717) is 11.8 Å². The van der Waals surface area contributed by atoms with Crippen LogP contribution in [0, 0.1) is 11.8 Å². The van der Waals surface area contributed by atoms with Gasteiger partial charge in [0.25, 0.3) is 0 Å². The molecule has 0 aromatic heterocycles. The number of Topliss-reactive ketones (excluding diaryl/α,β-unsaturated/α-hetero) is 1. The van der Waals surface area contributed by atoms with Crippen molar-refractivity contribution in [3.8, 4) is 0 Å². The van der Waals surface area contributed by atoms with Crippen LogP contribution in [-0.2, 0) is 4.79 Å². The predicted octanol–water partition coefficient (Wildman–Crippen LogP) is 2.49. The molecule has 0 aliphatic carbocycles. The molecular formula is C11H23NOS. The molecule has 0 spiro atoms. The van der Waals surface area contributed by atoms with Crippen LogP contribution >= 0.6 is 12.6 Å². The van der Waals surface area contributed by atoms with Gasteiger partial charge in [-0.15, -0.1) is 0 Å². The summed E-state index contributed by atoms with van der Waals surface area (Å²) in [7, 11) is 0. The van der Waals surface area contributed by atoms with Crippen LogP contribution in [0.1, 0.15) is 41.0 Å². The van der Waals surface area contributed by atoms with Gasteiger partial charge in [-0.2, -0.15) is 12.6 Å². The summed E-state index contributed by atoms with van der Waals surface area (Å²) >= 11 is 4.41. The quantitative estimate of drug-likeness (QED) is 0.529. The van der Waals surface area contributed by atoms with E-state index in [1.807, 2.05) is 20.8 Å². The normalized spacial score (nSPS) is 16.0. The van der Waals surface area contributed by atoms with Crippen LogP contribution in [0.25, 0.3) is 0 Å². The number of hydrogen-bond acceptors (Lipinski definition) is 3. The first kappa shape index (κ1) is 14.0. The molecule has 0 saturated carbocycles. The average molecular weight is 217 g/mol. The van der Waals surface area contributed by atoms with Crippen LogP contribution in [-0.4, -0.2) is 17.2 Å². The van der Waals surface area contributed by atoms with Crippen LogP contribution in [0.15, 0.2) is 0 Å². The van der Waals surface area contributed by atoms with Gasteiger partial charge in [0, 0.05) is 17.9 Å². The van der Waals surface area contributed by atoms with Crippen molar-refractivity contribution in [1.29, 1.82) is 0 Å². The lowest BCUT2D eigenvalue weighted by Gasteiger charge is -2.20. The highest BCUT2D eigenvalue weighted by atomic mass is 32.1. The van der Waals surface area contributed by atoms with Crippen molar-refractivity contribution in [3.05, 3.63) is 0 Å². The molecule has 0 saturated heterocycles. The second-order valence-electron chi connectivity index (χ2n) is 4.53. The van der Waals surface area contributed by atoms with Crippen LogP contribution in [0.2, 0.25) is 0 Å². The molecule has 0 aliphatic heterocycles. The Hall–Kier alpha value is -0.0200. The molecule has 3 heteroatoms. The summed E-state index contributed by atoms with van der Waals surface area (Å²) in [4.78, 5) is 11.6. The molecule has 2 atom stereocenters. The van der Waals surface area contributed by atoms with Gasteiger partial charge >= 0.3 is 0 Å². The Balaban J connectivity index is 3.93. The van der Waals surface area contributed by atoms with Gasteiger partial charge in [0.15, 0.2) is 0 Å². The smallest absolute Gasteiger partial charge is 0.138 e. The fourth-order valence-corrected chi connectivity index (χ4v) is 2.09. The Morgan fingerprint density at radius 1 is 1.21 bits per heavy atom. The highest BCUT2D eigenvalue weighted by Crippen LogP contribution is 2.14. The summed E-state index contributed by atoms with van der Waals surface area (Å²) in [5, 5.41) is 3.40. The molecule has 0 aliphatic rings. The minimum Gasteiger partial charge on any atom is -0.303 e. The zero-order valence-electron chi connectivity index (χ0n) is 9.87. The van der Waals surface area contributed by atoms with Gasteiger partial charge in [0.05, 0.1) is 5.37 Å². The largest absolute Gasteiger partial charge is 0.303 e. The van der Waals surface area contributed by atoms with Crippen molar-refractivity contribution in [2.45, 2.75) is 52.5 Å². The minimum atomic E-state index is 0.101. The maximum absolute atomic E-state index is 11.6. The molecule has 0 heterocycles. The summed E-state index contributed by atoms with van der Waals surface area (Å²) < 4.78 is 0. The second-order valence-corrected chi connectivity index (χ2v) is 5.15. The van der Waals surface area contributed by atoms with Crippen molar-refractivity contribution in [2.75, 3.05) is 0 Å². The third kappa shape index (κ3) is 5.66. The van der Waals surface area contributed by atoms with E-state index >= 15 is 0 Å². The number of carbonyl (C=O) groups is 1. The molecule has 2 unspecified atom stereocenters. The fraction of sp³-hybridized carbons (Fsp3) is 0.909. The zero-order chi connectivity index (χ0) is 11.3. The molecule has 0 fully saturated rings. The number of hydrogen-bond donors (Lipinski definition) is 2. The van der Waals surface area contributed by atoms with Crippen LogP contribution in [0.3, 0.4) is 0 Å². The predicted molar refractivity (Wildman–Crippen MR) is 64.7 cm³/mol. The number of nitrogens with one attached hydrogen (secondary N) is 1. The molecule has 1 N–H and O–H groups in total. The van der Waals surface area contributed by atoms with E-state index in [-0.39, 0.29) is 17.2 Å². The lowest BCUT2D eigenvalue weighted by molar-refractivity contribution is -0.125. The van der Waals surface area contributed by atoms with Crippen LogP contribution < -0.4 is 5.32 Å². The van der Waals surface area contributed by atoms with E-state index in [0.717, 1.165) is 6.42 Å². The summed E-state index contributed by atoms with van der Waals surface area (Å²) in [5.74, 6) is 0.558. The maximum Gasteiger partial charge on any atom is 0.138 e. The Morgan fingerprint density at radius 3 is 2.07 bits per heavy atom. The van der Waals surface area contributed by atoms with Crippen LogP contribution in [0.5, 0.6) is 0 Å². The molecule has 14 heavy (non-hydrogen) atoms. The van der Waals surface area contributed by atoms with Gasteiger partial charge in [-0.3, -0.25) is 4.79 Å². The summed E-state index contributed by atoms with van der Waals surface area (Å²) in [6.45, 7) is 10.0. The Bertz CT molecular complexity index is 180. The van der Waals surface area contributed by atoms with Crippen LogP contribution in [0.4, 0.5) is 0 Å². The first-order valence-electron chi connectivity index (χ1n) is 5.32. The Morgan fingerprint density at radius 2 is 1.71 bits per heavy atom. The lowest BCUT2D eigenvalue weighted by atomic mass is 9.94. The van der Waals surface area contributed by atoms with Gasteiger partial charge in [-0.05, 0) is 20.3 Å². The van der Waals surface area contributed by atoms with Gasteiger partial charge in [0.2, 0.25) is 0 Å². The summed E-state index contributed by atoms with van der Waals surface area (Å²) in [6.07, 6.45) is 0.804. The monoisotopic (exact) mass is 217 g/mol. The first-order chi connectivity index (χ1) is 6.34. The lowest BCUT2D eigenvalue weighted by Crippen LogP contribution is -2.33. The van der Waals surface area contributed by atoms with Crippen molar-refractivity contribution >= 4 is 18.4 Å². The molecule has 2 nitrogen and oxygen atoms in total. The highest BCUT2D eigenvalue weighted by Gasteiger charge is 2.19. The van der Waals surface area contributed by atoms with Crippen molar-refractivity contribution in [1.82, 2.24) is 5.32 Å². The second kappa shape index (κ2) is 6.46. The molecule has 0 aromatic carbocycles. The minimum absolute atomic E-state index is 0.101. The van der Waals surface area contributed by atoms with E-state index in [1.54, 1.807) is 0 Å². The summed E-state index contributed by atoms with van der Waals surface area (Å²) in [5.41, 5.74) is 0. The standard InChI is InChI=1S/C11H23NOS/c1-7(2)11(13)9(5)6-10(14)12-8(3)4/h7-10,12,14H,6H2,1-5H3. The molecule has 84 valence electrons. The SMILES string of the molecule is CC(C)NC(S)CC(C)C(=O)C(C)C. The van der Waals surface area contributed by atoms with E-state index in [1.165, 1.54) is 0 Å². The van der Waals surface area contributed by atoms with Crippen molar-refractivity contribution in [2.24, 2.45) is 11.8 Å². The van der Waals surface area contributed by atoms with Gasteiger partial charge < -0.3 is 5.32 Å². The molecule has 0 bridgehead atoms. The maximum atomic E-state index is 11.6. The number of carbonyl (C=O) groups excluding carboxylic acids is 1. The third-order valence-electron chi connectivity index (χ3n) is 2.16. The van der Waals surface area contributed by atoms with Crippen molar-refractivity contribution in [3.63, 3.8) is 0 Å². The molecule has 0 radical (unpaired) electrons. The zero-order valence-corrected chi connectivity index (χ0v) is 10.8. The Labute approximate surface area is 93.3 Å². The number of thiol groups is 1. The van der Waals surface area contributed by atoms with E-state index in [9.17, 15) is 4.79 Å². The highest BCUT2D eigenvalue weighted by molar-refractivity contribution is 7.80. The van der Waals surface area contributed by atoms with Crippen molar-refractivity contribution < 1.29 is 4.79 Å². The molecular weight excluding hydrogens is 194 g/mol. The van der Waals surface area contributed by atoms with E-state index in [4.69, 9.17) is 0 Å².